The fraction of sp³-hybridized carbons (Fsp3) is 0.545. The van der Waals surface area contributed by atoms with Crippen LogP contribution in [-0.4, -0.2) is 41.4 Å². The zero-order valence-electron chi connectivity index (χ0n) is 11.7. The number of rotatable bonds is 8. The molecule has 0 aliphatic carbocycles. The second-order valence-corrected chi connectivity index (χ2v) is 6.23. The molecule has 0 atom stereocenters. The van der Waals surface area contributed by atoms with E-state index in [1.54, 1.807) is 11.6 Å². The molecular weight excluding hydrogens is 296 g/mol. The highest BCUT2D eigenvalue weighted by Crippen LogP contribution is 2.07. The van der Waals surface area contributed by atoms with Crippen molar-refractivity contribution in [3.63, 3.8) is 0 Å². The molecule has 0 amide bonds. The number of nitrogens with one attached hydrogen (secondary N) is 1. The highest BCUT2D eigenvalue weighted by atomic mass is 32.2. The fourth-order valence-corrected chi connectivity index (χ4v) is 2.67. The summed E-state index contributed by atoms with van der Waals surface area (Å²) >= 11 is 0. The standard InChI is InChI=1S/C11H18N6O3S/c1-9-15-11(16-20-9)3-5-14-21(18,19)10-7-13-17(8-10)6-2-4-12/h7-8,14H,2-6,12H2,1H3. The fourth-order valence-electron chi connectivity index (χ4n) is 1.68. The summed E-state index contributed by atoms with van der Waals surface area (Å²) in [6.07, 6.45) is 3.90. The molecule has 0 unspecified atom stereocenters. The second-order valence-electron chi connectivity index (χ2n) is 4.46. The first-order chi connectivity index (χ1) is 10.0. The maximum atomic E-state index is 12.1. The van der Waals surface area contributed by atoms with Crippen molar-refractivity contribution in [1.82, 2.24) is 24.6 Å². The van der Waals surface area contributed by atoms with Crippen molar-refractivity contribution in [1.29, 1.82) is 0 Å². The van der Waals surface area contributed by atoms with Gasteiger partial charge in [0.05, 0.1) is 6.20 Å². The van der Waals surface area contributed by atoms with Gasteiger partial charge in [-0.05, 0) is 13.0 Å². The quantitative estimate of drug-likeness (QED) is 0.668. The number of aryl methyl sites for hydroxylation is 2. The smallest absolute Gasteiger partial charge is 0.243 e. The van der Waals surface area contributed by atoms with Gasteiger partial charge in [-0.3, -0.25) is 4.68 Å². The number of hydrogen-bond acceptors (Lipinski definition) is 7. The van der Waals surface area contributed by atoms with E-state index in [1.165, 1.54) is 12.4 Å². The first-order valence-corrected chi connectivity index (χ1v) is 8.01. The number of hydrogen-bond donors (Lipinski definition) is 2. The SMILES string of the molecule is Cc1nc(CCNS(=O)(=O)c2cnn(CCCN)c2)no1. The highest BCUT2D eigenvalue weighted by Gasteiger charge is 2.16. The van der Waals surface area contributed by atoms with Crippen LogP contribution in [0.25, 0.3) is 0 Å². The van der Waals surface area contributed by atoms with Crippen LogP contribution < -0.4 is 10.5 Å². The maximum absolute atomic E-state index is 12.1. The summed E-state index contributed by atoms with van der Waals surface area (Å²) in [6.45, 7) is 2.99. The minimum absolute atomic E-state index is 0.129. The summed E-state index contributed by atoms with van der Waals surface area (Å²) in [4.78, 5) is 4.13. The lowest BCUT2D eigenvalue weighted by Gasteiger charge is -2.02. The largest absolute Gasteiger partial charge is 0.340 e. The van der Waals surface area contributed by atoms with Crippen LogP contribution in [0.4, 0.5) is 0 Å². The first-order valence-electron chi connectivity index (χ1n) is 6.52. The van der Waals surface area contributed by atoms with E-state index in [-0.39, 0.29) is 11.4 Å². The molecule has 0 aliphatic rings. The lowest BCUT2D eigenvalue weighted by molar-refractivity contribution is 0.387. The molecule has 0 spiro atoms. The Labute approximate surface area is 122 Å². The Kier molecular flexibility index (Phi) is 5.04. The molecule has 3 N–H and O–H groups in total. The molecule has 0 bridgehead atoms. The van der Waals surface area contributed by atoms with Gasteiger partial charge in [-0.25, -0.2) is 13.1 Å². The van der Waals surface area contributed by atoms with Crippen LogP contribution in [0.2, 0.25) is 0 Å². The van der Waals surface area contributed by atoms with Crippen molar-refractivity contribution in [2.75, 3.05) is 13.1 Å². The van der Waals surface area contributed by atoms with Gasteiger partial charge in [-0.1, -0.05) is 5.16 Å². The Hall–Kier alpha value is -1.78. The van der Waals surface area contributed by atoms with E-state index < -0.39 is 10.0 Å². The monoisotopic (exact) mass is 314 g/mol. The van der Waals surface area contributed by atoms with Crippen molar-refractivity contribution >= 4 is 10.0 Å². The number of sulfonamides is 1. The predicted molar refractivity (Wildman–Crippen MR) is 73.8 cm³/mol. The Morgan fingerprint density at radius 3 is 2.95 bits per heavy atom. The Morgan fingerprint density at radius 2 is 2.29 bits per heavy atom. The van der Waals surface area contributed by atoms with E-state index >= 15 is 0 Å². The normalized spacial score (nSPS) is 11.9. The van der Waals surface area contributed by atoms with E-state index in [1.807, 2.05) is 0 Å². The molecule has 9 nitrogen and oxygen atoms in total. The zero-order chi connectivity index (χ0) is 15.3. The molecule has 2 rings (SSSR count). The van der Waals surface area contributed by atoms with E-state index in [2.05, 4.69) is 20.0 Å². The van der Waals surface area contributed by atoms with Gasteiger partial charge in [0.1, 0.15) is 4.90 Å². The van der Waals surface area contributed by atoms with Gasteiger partial charge >= 0.3 is 0 Å². The summed E-state index contributed by atoms with van der Waals surface area (Å²) in [6, 6.07) is 0. The summed E-state index contributed by atoms with van der Waals surface area (Å²) in [5.41, 5.74) is 5.40. The first kappa shape index (κ1) is 15.6. The maximum Gasteiger partial charge on any atom is 0.243 e. The number of nitrogens with zero attached hydrogens (tertiary/aromatic N) is 4. The van der Waals surface area contributed by atoms with Crippen LogP contribution >= 0.6 is 0 Å². The molecule has 0 fully saturated rings. The molecular formula is C11H18N6O3S. The van der Waals surface area contributed by atoms with Gasteiger partial charge in [-0.15, -0.1) is 0 Å². The summed E-state index contributed by atoms with van der Waals surface area (Å²) in [5, 5.41) is 7.69. The number of nitrogens with two attached hydrogens (primary N) is 1. The van der Waals surface area contributed by atoms with E-state index in [9.17, 15) is 8.42 Å². The molecule has 116 valence electrons. The van der Waals surface area contributed by atoms with Crippen molar-refractivity contribution in [3.05, 3.63) is 24.1 Å². The van der Waals surface area contributed by atoms with Gasteiger partial charge in [0.15, 0.2) is 5.82 Å². The lowest BCUT2D eigenvalue weighted by atomic mass is 10.4. The summed E-state index contributed by atoms with van der Waals surface area (Å²) < 4.78 is 33.0. The van der Waals surface area contributed by atoms with Gasteiger partial charge in [0.25, 0.3) is 0 Å². The Bertz CT molecular complexity index is 678. The molecule has 10 heteroatoms. The third-order valence-electron chi connectivity index (χ3n) is 2.72. The minimum atomic E-state index is -3.58. The van der Waals surface area contributed by atoms with Crippen LogP contribution in [0.1, 0.15) is 18.1 Å². The molecule has 2 heterocycles. The zero-order valence-corrected chi connectivity index (χ0v) is 12.5. The van der Waals surface area contributed by atoms with Crippen molar-refractivity contribution < 1.29 is 12.9 Å². The van der Waals surface area contributed by atoms with Crippen LogP contribution in [0.5, 0.6) is 0 Å². The van der Waals surface area contributed by atoms with E-state index in [4.69, 9.17) is 10.3 Å². The third kappa shape index (κ3) is 4.34. The second kappa shape index (κ2) is 6.78. The molecule has 21 heavy (non-hydrogen) atoms. The average molecular weight is 314 g/mol. The molecule has 2 aromatic heterocycles. The van der Waals surface area contributed by atoms with E-state index in [0.29, 0.717) is 31.2 Å². The van der Waals surface area contributed by atoms with Gasteiger partial charge in [-0.2, -0.15) is 10.1 Å². The summed E-state index contributed by atoms with van der Waals surface area (Å²) in [5.74, 6) is 0.919. The highest BCUT2D eigenvalue weighted by molar-refractivity contribution is 7.89. The average Bonchev–Trinajstić information content (AvgIpc) is 3.06. The lowest BCUT2D eigenvalue weighted by Crippen LogP contribution is -2.26. The molecule has 0 radical (unpaired) electrons. The van der Waals surface area contributed by atoms with Crippen LogP contribution in [0.3, 0.4) is 0 Å². The van der Waals surface area contributed by atoms with Crippen LogP contribution in [0.15, 0.2) is 21.8 Å². The van der Waals surface area contributed by atoms with Crippen molar-refractivity contribution in [2.24, 2.45) is 5.73 Å². The topological polar surface area (TPSA) is 129 Å². The van der Waals surface area contributed by atoms with Crippen LogP contribution in [-0.2, 0) is 23.0 Å². The Balaban J connectivity index is 1.90. The molecule has 0 saturated heterocycles. The minimum Gasteiger partial charge on any atom is -0.340 e. The molecule has 0 saturated carbocycles. The van der Waals surface area contributed by atoms with Crippen molar-refractivity contribution in [2.45, 2.75) is 31.2 Å². The molecule has 0 aromatic carbocycles. The van der Waals surface area contributed by atoms with Gasteiger partial charge in [0.2, 0.25) is 15.9 Å². The van der Waals surface area contributed by atoms with Gasteiger partial charge < -0.3 is 10.3 Å². The van der Waals surface area contributed by atoms with Crippen LogP contribution in [0, 0.1) is 6.92 Å². The van der Waals surface area contributed by atoms with Crippen molar-refractivity contribution in [3.8, 4) is 0 Å². The van der Waals surface area contributed by atoms with Gasteiger partial charge in [0, 0.05) is 32.6 Å². The van der Waals surface area contributed by atoms with E-state index in [0.717, 1.165) is 6.42 Å². The molecule has 2 aromatic rings. The summed E-state index contributed by atoms with van der Waals surface area (Å²) in [7, 11) is -3.58. The number of aromatic nitrogens is 4. The third-order valence-corrected chi connectivity index (χ3v) is 4.14. The predicted octanol–water partition coefficient (Wildman–Crippen LogP) is -0.556. The molecule has 0 aliphatic heterocycles. The Morgan fingerprint density at radius 1 is 1.48 bits per heavy atom.